The molecule has 0 aliphatic heterocycles. The summed E-state index contributed by atoms with van der Waals surface area (Å²) in [7, 11) is 0. The quantitative estimate of drug-likeness (QED) is 0.381. The first kappa shape index (κ1) is 21.4. The van der Waals surface area contributed by atoms with Crippen molar-refractivity contribution in [3.8, 4) is 5.75 Å². The van der Waals surface area contributed by atoms with Gasteiger partial charge in [-0.3, -0.25) is 9.48 Å². The van der Waals surface area contributed by atoms with Crippen LogP contribution in [0.1, 0.15) is 40.8 Å². The van der Waals surface area contributed by atoms with E-state index in [1.165, 1.54) is 23.9 Å². The number of rotatable bonds is 9. The molecule has 6 nitrogen and oxygen atoms in total. The van der Waals surface area contributed by atoms with E-state index >= 15 is 0 Å². The molecule has 0 unspecified atom stereocenters. The number of aromatic nitrogens is 2. The number of hydrogen-bond donors (Lipinski definition) is 1. The van der Waals surface area contributed by atoms with E-state index in [2.05, 4.69) is 17.3 Å². The van der Waals surface area contributed by atoms with Crippen LogP contribution in [-0.2, 0) is 19.6 Å². The molecule has 0 radical (unpaired) electrons. The van der Waals surface area contributed by atoms with Gasteiger partial charge in [0.1, 0.15) is 23.9 Å². The summed E-state index contributed by atoms with van der Waals surface area (Å²) in [5, 5.41) is 6.95. The van der Waals surface area contributed by atoms with Gasteiger partial charge in [0.2, 0.25) is 0 Å². The van der Waals surface area contributed by atoms with E-state index in [9.17, 15) is 9.18 Å². The molecule has 0 saturated carbocycles. The molecule has 2 aromatic heterocycles. The maximum absolute atomic E-state index is 13.3. The van der Waals surface area contributed by atoms with Gasteiger partial charge in [0.05, 0.1) is 18.4 Å². The monoisotopic (exact) mass is 433 g/mol. The Morgan fingerprint density at radius 2 is 1.97 bits per heavy atom. The van der Waals surface area contributed by atoms with Gasteiger partial charge >= 0.3 is 0 Å². The lowest BCUT2D eigenvalue weighted by Crippen LogP contribution is -2.10. The van der Waals surface area contributed by atoms with Gasteiger partial charge in [0, 0.05) is 6.20 Å². The molecule has 0 aliphatic rings. The summed E-state index contributed by atoms with van der Waals surface area (Å²) in [6.45, 7) is 2.77. The highest BCUT2D eigenvalue weighted by Gasteiger charge is 2.13. The lowest BCUT2D eigenvalue weighted by Gasteiger charge is -2.05. The summed E-state index contributed by atoms with van der Waals surface area (Å²) in [5.74, 6) is 0.798. The minimum absolute atomic E-state index is 0.180. The number of halogens is 1. The normalized spacial score (nSPS) is 10.8. The standard InChI is InChI=1S/C25H24FN3O3/c1-2-4-18-7-9-22(10-8-18)31-17-23-11-12-24(32-23)25(30)28-21-14-27-29(16-21)15-19-5-3-6-20(26)13-19/h3,5-14,16H,2,4,15,17H2,1H3,(H,28,30). The second kappa shape index (κ2) is 9.96. The maximum Gasteiger partial charge on any atom is 0.291 e. The summed E-state index contributed by atoms with van der Waals surface area (Å²) in [4.78, 5) is 12.5. The first-order valence-corrected chi connectivity index (χ1v) is 10.5. The van der Waals surface area contributed by atoms with Crippen LogP contribution in [0.4, 0.5) is 10.1 Å². The van der Waals surface area contributed by atoms with Gasteiger partial charge in [0.15, 0.2) is 5.76 Å². The zero-order valence-corrected chi connectivity index (χ0v) is 17.8. The molecule has 0 spiro atoms. The summed E-state index contributed by atoms with van der Waals surface area (Å²) in [6, 6.07) is 17.6. The largest absolute Gasteiger partial charge is 0.486 e. The molecule has 0 fully saturated rings. The van der Waals surface area contributed by atoms with Gasteiger partial charge in [-0.1, -0.05) is 37.6 Å². The Balaban J connectivity index is 1.30. The predicted octanol–water partition coefficient (Wildman–Crippen LogP) is 5.45. The second-order valence-corrected chi connectivity index (χ2v) is 7.46. The van der Waals surface area contributed by atoms with Crippen LogP contribution < -0.4 is 10.1 Å². The lowest BCUT2D eigenvalue weighted by atomic mass is 10.1. The van der Waals surface area contributed by atoms with Gasteiger partial charge in [-0.05, 0) is 53.9 Å². The van der Waals surface area contributed by atoms with Crippen LogP contribution in [0.3, 0.4) is 0 Å². The van der Waals surface area contributed by atoms with Crippen molar-refractivity contribution >= 4 is 11.6 Å². The van der Waals surface area contributed by atoms with E-state index in [-0.39, 0.29) is 24.1 Å². The van der Waals surface area contributed by atoms with Gasteiger partial charge in [0.25, 0.3) is 5.91 Å². The van der Waals surface area contributed by atoms with Crippen LogP contribution in [0.5, 0.6) is 5.75 Å². The second-order valence-electron chi connectivity index (χ2n) is 7.46. The Morgan fingerprint density at radius 3 is 2.75 bits per heavy atom. The Kier molecular flexibility index (Phi) is 6.65. The molecule has 32 heavy (non-hydrogen) atoms. The number of carbonyl (C=O) groups excluding carboxylic acids is 1. The van der Waals surface area contributed by atoms with Crippen molar-refractivity contribution in [2.75, 3.05) is 5.32 Å². The highest BCUT2D eigenvalue weighted by Crippen LogP contribution is 2.17. The Morgan fingerprint density at radius 1 is 1.12 bits per heavy atom. The number of furan rings is 1. The van der Waals surface area contributed by atoms with E-state index in [0.717, 1.165) is 24.2 Å². The fourth-order valence-electron chi connectivity index (χ4n) is 3.30. The number of amides is 1. The SMILES string of the molecule is CCCc1ccc(OCc2ccc(C(=O)Nc3cnn(Cc4cccc(F)c4)c3)o2)cc1. The van der Waals surface area contributed by atoms with Crippen molar-refractivity contribution in [3.05, 3.63) is 102 Å². The highest BCUT2D eigenvalue weighted by molar-refractivity contribution is 6.02. The molecule has 0 aliphatic carbocycles. The molecule has 1 amide bonds. The van der Waals surface area contributed by atoms with Crippen molar-refractivity contribution in [2.24, 2.45) is 0 Å². The summed E-state index contributed by atoms with van der Waals surface area (Å²) >= 11 is 0. The highest BCUT2D eigenvalue weighted by atomic mass is 19.1. The Hall–Kier alpha value is -3.87. The molecular weight excluding hydrogens is 409 g/mol. The number of carbonyl (C=O) groups is 1. The summed E-state index contributed by atoms with van der Waals surface area (Å²) in [5.41, 5.74) is 2.57. The van der Waals surface area contributed by atoms with Gasteiger partial charge in [-0.2, -0.15) is 5.10 Å². The topological polar surface area (TPSA) is 69.3 Å². The van der Waals surface area contributed by atoms with E-state index in [1.54, 1.807) is 29.1 Å². The lowest BCUT2D eigenvalue weighted by molar-refractivity contribution is 0.0992. The van der Waals surface area contributed by atoms with Gasteiger partial charge in [-0.15, -0.1) is 0 Å². The van der Waals surface area contributed by atoms with Crippen molar-refractivity contribution in [2.45, 2.75) is 32.9 Å². The predicted molar refractivity (Wildman–Crippen MR) is 119 cm³/mol. The summed E-state index contributed by atoms with van der Waals surface area (Å²) < 4.78 is 26.3. The number of hydrogen-bond acceptors (Lipinski definition) is 4. The Labute approximate surface area is 185 Å². The maximum atomic E-state index is 13.3. The zero-order chi connectivity index (χ0) is 22.3. The fourth-order valence-corrected chi connectivity index (χ4v) is 3.30. The number of benzene rings is 2. The van der Waals surface area contributed by atoms with Crippen LogP contribution in [-0.4, -0.2) is 15.7 Å². The van der Waals surface area contributed by atoms with E-state index in [4.69, 9.17) is 9.15 Å². The average molecular weight is 433 g/mol. The van der Waals surface area contributed by atoms with Crippen molar-refractivity contribution < 1.29 is 18.3 Å². The van der Waals surface area contributed by atoms with Crippen molar-refractivity contribution in [1.29, 1.82) is 0 Å². The van der Waals surface area contributed by atoms with Crippen LogP contribution in [0.25, 0.3) is 0 Å². The third-order valence-electron chi connectivity index (χ3n) is 4.85. The first-order valence-electron chi connectivity index (χ1n) is 10.5. The molecule has 0 saturated heterocycles. The smallest absolute Gasteiger partial charge is 0.291 e. The third kappa shape index (κ3) is 5.63. The molecule has 2 aromatic carbocycles. The van der Waals surface area contributed by atoms with Crippen LogP contribution in [0.2, 0.25) is 0 Å². The molecular formula is C25H24FN3O3. The van der Waals surface area contributed by atoms with E-state index in [1.807, 2.05) is 30.3 Å². The van der Waals surface area contributed by atoms with Crippen molar-refractivity contribution in [3.63, 3.8) is 0 Å². The van der Waals surface area contributed by atoms with Gasteiger partial charge < -0.3 is 14.5 Å². The van der Waals surface area contributed by atoms with E-state index in [0.29, 0.717) is 18.0 Å². The van der Waals surface area contributed by atoms with Crippen LogP contribution in [0.15, 0.2) is 77.5 Å². The number of nitrogens with zero attached hydrogens (tertiary/aromatic N) is 2. The number of nitrogens with one attached hydrogen (secondary N) is 1. The minimum atomic E-state index is -0.384. The van der Waals surface area contributed by atoms with Crippen LogP contribution >= 0.6 is 0 Å². The summed E-state index contributed by atoms with van der Waals surface area (Å²) in [6.07, 6.45) is 5.36. The fraction of sp³-hybridized carbons (Fsp3) is 0.200. The minimum Gasteiger partial charge on any atom is -0.486 e. The molecule has 0 atom stereocenters. The number of ether oxygens (including phenoxy) is 1. The van der Waals surface area contributed by atoms with Crippen LogP contribution in [0, 0.1) is 5.82 Å². The average Bonchev–Trinajstić information content (AvgIpc) is 3.43. The number of anilines is 1. The molecule has 4 rings (SSSR count). The molecule has 2 heterocycles. The molecule has 0 bridgehead atoms. The molecule has 4 aromatic rings. The number of aryl methyl sites for hydroxylation is 1. The molecule has 164 valence electrons. The molecule has 1 N–H and O–H groups in total. The Bertz CT molecular complexity index is 1180. The first-order chi connectivity index (χ1) is 15.6. The van der Waals surface area contributed by atoms with Crippen molar-refractivity contribution in [1.82, 2.24) is 9.78 Å². The van der Waals surface area contributed by atoms with Gasteiger partial charge in [-0.25, -0.2) is 4.39 Å². The molecule has 7 heteroatoms. The zero-order valence-electron chi connectivity index (χ0n) is 17.8. The third-order valence-corrected chi connectivity index (χ3v) is 4.85. The van der Waals surface area contributed by atoms with E-state index < -0.39 is 0 Å².